The van der Waals surface area contributed by atoms with Gasteiger partial charge in [0.25, 0.3) is 0 Å². The molecule has 0 spiro atoms. The summed E-state index contributed by atoms with van der Waals surface area (Å²) >= 11 is 4.75. The molecule has 126 valence electrons. The van der Waals surface area contributed by atoms with E-state index in [1.807, 2.05) is 24.3 Å². The normalized spacial score (nSPS) is 20.6. The summed E-state index contributed by atoms with van der Waals surface area (Å²) < 4.78 is 5.29. The van der Waals surface area contributed by atoms with E-state index in [4.69, 9.17) is 22.7 Å². The molecule has 1 aromatic rings. The Hall–Kier alpha value is -2.41. The summed E-state index contributed by atoms with van der Waals surface area (Å²) in [5.74, 6) is 0.177. The van der Waals surface area contributed by atoms with Crippen molar-refractivity contribution in [3.8, 4) is 0 Å². The van der Waals surface area contributed by atoms with Crippen LogP contribution in [0.5, 0.6) is 0 Å². The van der Waals surface area contributed by atoms with E-state index in [0.29, 0.717) is 19.5 Å². The van der Waals surface area contributed by atoms with Gasteiger partial charge in [-0.2, -0.15) is 0 Å². The van der Waals surface area contributed by atoms with Gasteiger partial charge in [-0.3, -0.25) is 9.69 Å². The largest absolute Gasteiger partial charge is 0.442 e. The molecule has 0 radical (unpaired) electrons. The van der Waals surface area contributed by atoms with Gasteiger partial charge in [0.1, 0.15) is 6.10 Å². The molecule has 1 aliphatic heterocycles. The molecule has 1 unspecified atom stereocenters. The van der Waals surface area contributed by atoms with Crippen molar-refractivity contribution in [1.82, 2.24) is 5.32 Å². The van der Waals surface area contributed by atoms with Crippen molar-refractivity contribution < 1.29 is 14.3 Å². The Morgan fingerprint density at radius 2 is 2.04 bits per heavy atom. The van der Waals surface area contributed by atoms with Gasteiger partial charge < -0.3 is 15.8 Å². The summed E-state index contributed by atoms with van der Waals surface area (Å²) in [7, 11) is 0. The molecule has 6 nitrogen and oxygen atoms in total. The first kappa shape index (κ1) is 16.4. The second-order valence-electron chi connectivity index (χ2n) is 5.90. The number of anilines is 1. The molecule has 1 fully saturated rings. The van der Waals surface area contributed by atoms with E-state index in [1.54, 1.807) is 11.0 Å². The van der Waals surface area contributed by atoms with Crippen LogP contribution in [-0.2, 0) is 9.53 Å². The highest BCUT2D eigenvalue weighted by molar-refractivity contribution is 7.80. The quantitative estimate of drug-likeness (QED) is 0.812. The van der Waals surface area contributed by atoms with Gasteiger partial charge in [-0.05, 0) is 54.4 Å². The first-order valence-electron chi connectivity index (χ1n) is 7.88. The zero-order chi connectivity index (χ0) is 17.1. The number of cyclic esters (lactones) is 1. The number of hydrogen-bond donors (Lipinski definition) is 2. The molecule has 0 saturated carbocycles. The Labute approximate surface area is 145 Å². The highest BCUT2D eigenvalue weighted by Crippen LogP contribution is 2.28. The smallest absolute Gasteiger partial charge is 0.414 e. The minimum absolute atomic E-state index is 0.177. The fraction of sp³-hybridized carbons (Fsp3) is 0.353. The maximum absolute atomic E-state index is 12.0. The van der Waals surface area contributed by atoms with Crippen molar-refractivity contribution in [3.63, 3.8) is 0 Å². The summed E-state index contributed by atoms with van der Waals surface area (Å²) in [5, 5.41) is 2.99. The standard InChI is InChI=1S/C17H19N3O3S/c18-16(24)19-9-15-10-20(17(22)23-15)13-6-4-11(5-7-13)12-2-1-3-14(21)8-12/h4-8,15H,1-3,9-10H2,(H3,18,19,24). The Morgan fingerprint density at radius 1 is 1.29 bits per heavy atom. The lowest BCUT2D eigenvalue weighted by molar-refractivity contribution is -0.114. The number of nitrogens with two attached hydrogens (primary N) is 1. The van der Waals surface area contributed by atoms with Crippen LogP contribution in [0.2, 0.25) is 0 Å². The van der Waals surface area contributed by atoms with Gasteiger partial charge in [0.15, 0.2) is 10.9 Å². The van der Waals surface area contributed by atoms with E-state index in [0.717, 1.165) is 29.7 Å². The van der Waals surface area contributed by atoms with Crippen LogP contribution in [0.4, 0.5) is 10.5 Å². The van der Waals surface area contributed by atoms with Crippen molar-refractivity contribution >= 4 is 40.5 Å². The molecule has 3 N–H and O–H groups in total. The molecule has 1 amide bonds. The third-order valence-corrected chi connectivity index (χ3v) is 4.28. The van der Waals surface area contributed by atoms with Gasteiger partial charge in [-0.1, -0.05) is 12.1 Å². The third-order valence-electron chi connectivity index (χ3n) is 4.13. The van der Waals surface area contributed by atoms with Crippen molar-refractivity contribution in [1.29, 1.82) is 0 Å². The predicted molar refractivity (Wildman–Crippen MR) is 95.7 cm³/mol. The first-order chi connectivity index (χ1) is 11.5. The molecule has 1 saturated heterocycles. The molecular weight excluding hydrogens is 326 g/mol. The number of ketones is 1. The van der Waals surface area contributed by atoms with Crippen LogP contribution in [0.1, 0.15) is 24.8 Å². The molecule has 1 aromatic carbocycles. The number of rotatable bonds is 4. The summed E-state index contributed by atoms with van der Waals surface area (Å²) in [6.07, 6.45) is 3.47. The molecule has 2 aliphatic rings. The number of hydrogen-bond acceptors (Lipinski definition) is 4. The van der Waals surface area contributed by atoms with Gasteiger partial charge in [0.05, 0.1) is 13.1 Å². The second-order valence-corrected chi connectivity index (χ2v) is 6.34. The number of allylic oxidation sites excluding steroid dienone is 2. The van der Waals surface area contributed by atoms with Crippen LogP contribution in [0.3, 0.4) is 0 Å². The van der Waals surface area contributed by atoms with E-state index in [1.165, 1.54) is 0 Å². The number of carbonyl (C=O) groups excluding carboxylic acids is 2. The van der Waals surface area contributed by atoms with Crippen LogP contribution >= 0.6 is 12.2 Å². The van der Waals surface area contributed by atoms with Crippen LogP contribution in [0, 0.1) is 0 Å². The number of thiocarbonyl (C=S) groups is 1. The fourth-order valence-electron chi connectivity index (χ4n) is 2.93. The lowest BCUT2D eigenvalue weighted by Gasteiger charge is -2.16. The molecular formula is C17H19N3O3S. The molecule has 0 bridgehead atoms. The van der Waals surface area contributed by atoms with Gasteiger partial charge >= 0.3 is 6.09 Å². The summed E-state index contributed by atoms with van der Waals surface area (Å²) in [6.45, 7) is 0.833. The lowest BCUT2D eigenvalue weighted by Crippen LogP contribution is -2.37. The number of nitrogens with zero attached hydrogens (tertiary/aromatic N) is 1. The van der Waals surface area contributed by atoms with E-state index in [-0.39, 0.29) is 23.1 Å². The Bertz CT molecular complexity index is 700. The molecule has 7 heteroatoms. The van der Waals surface area contributed by atoms with Crippen LogP contribution in [0.25, 0.3) is 5.57 Å². The number of benzene rings is 1. The minimum atomic E-state index is -0.385. The zero-order valence-corrected chi connectivity index (χ0v) is 14.0. The highest BCUT2D eigenvalue weighted by Gasteiger charge is 2.32. The second kappa shape index (κ2) is 7.00. The summed E-state index contributed by atoms with van der Waals surface area (Å²) in [4.78, 5) is 25.1. The third kappa shape index (κ3) is 3.73. The van der Waals surface area contributed by atoms with Crippen LogP contribution < -0.4 is 16.0 Å². The van der Waals surface area contributed by atoms with Crippen molar-refractivity contribution in [2.45, 2.75) is 25.4 Å². The van der Waals surface area contributed by atoms with Gasteiger partial charge in [-0.15, -0.1) is 0 Å². The lowest BCUT2D eigenvalue weighted by atomic mass is 9.93. The maximum atomic E-state index is 12.0. The Morgan fingerprint density at radius 3 is 2.71 bits per heavy atom. The Kier molecular flexibility index (Phi) is 4.80. The molecule has 1 aliphatic carbocycles. The average molecular weight is 345 g/mol. The predicted octanol–water partition coefficient (Wildman–Crippen LogP) is 1.98. The monoisotopic (exact) mass is 345 g/mol. The van der Waals surface area contributed by atoms with Gasteiger partial charge in [-0.25, -0.2) is 4.79 Å². The molecule has 0 aromatic heterocycles. The Balaban J connectivity index is 1.68. The van der Waals surface area contributed by atoms with E-state index in [2.05, 4.69) is 5.32 Å². The minimum Gasteiger partial charge on any atom is -0.442 e. The molecule has 1 atom stereocenters. The molecule has 24 heavy (non-hydrogen) atoms. The fourth-order valence-corrected chi connectivity index (χ4v) is 3.01. The van der Waals surface area contributed by atoms with Crippen LogP contribution in [0.15, 0.2) is 30.3 Å². The van der Waals surface area contributed by atoms with Gasteiger partial charge in [0.2, 0.25) is 0 Å². The highest BCUT2D eigenvalue weighted by atomic mass is 32.1. The molecule has 1 heterocycles. The number of nitrogens with one attached hydrogen (secondary N) is 1. The number of carbonyl (C=O) groups is 2. The van der Waals surface area contributed by atoms with Crippen molar-refractivity contribution in [3.05, 3.63) is 35.9 Å². The van der Waals surface area contributed by atoms with Crippen molar-refractivity contribution in [2.75, 3.05) is 18.0 Å². The number of ether oxygens (including phenoxy) is 1. The average Bonchev–Trinajstić information content (AvgIpc) is 2.94. The topological polar surface area (TPSA) is 84.7 Å². The SMILES string of the molecule is NC(=S)NCC1CN(c2ccc(C3=CC(=O)CCC3)cc2)C(=O)O1. The van der Waals surface area contributed by atoms with E-state index in [9.17, 15) is 9.59 Å². The molecule has 3 rings (SSSR count). The summed E-state index contributed by atoms with van der Waals surface area (Å²) in [5.41, 5.74) is 8.23. The number of amides is 1. The maximum Gasteiger partial charge on any atom is 0.414 e. The zero-order valence-electron chi connectivity index (χ0n) is 13.2. The van der Waals surface area contributed by atoms with E-state index < -0.39 is 0 Å². The van der Waals surface area contributed by atoms with Crippen molar-refractivity contribution in [2.24, 2.45) is 5.73 Å². The first-order valence-corrected chi connectivity index (χ1v) is 8.29. The van der Waals surface area contributed by atoms with Crippen LogP contribution in [-0.4, -0.2) is 36.2 Å². The van der Waals surface area contributed by atoms with E-state index >= 15 is 0 Å². The van der Waals surface area contributed by atoms with Gasteiger partial charge in [0, 0.05) is 12.1 Å². The summed E-state index contributed by atoms with van der Waals surface area (Å²) in [6, 6.07) is 7.63.